The third-order valence-corrected chi connectivity index (χ3v) is 5.56. The van der Waals surface area contributed by atoms with Crippen molar-refractivity contribution in [2.45, 2.75) is 37.4 Å². The van der Waals surface area contributed by atoms with Gasteiger partial charge < -0.3 is 5.11 Å². The Morgan fingerprint density at radius 2 is 2.24 bits per heavy atom. The first-order chi connectivity index (χ1) is 10.1. The molecule has 3 rings (SSSR count). The van der Waals surface area contributed by atoms with Crippen molar-refractivity contribution in [1.29, 1.82) is 0 Å². The molecule has 1 aliphatic rings. The van der Waals surface area contributed by atoms with Crippen LogP contribution in [-0.4, -0.2) is 26.4 Å². The van der Waals surface area contributed by atoms with E-state index in [1.54, 1.807) is 10.6 Å². The van der Waals surface area contributed by atoms with Gasteiger partial charge in [0.05, 0.1) is 11.1 Å². The molecule has 0 radical (unpaired) electrons. The molecule has 0 atom stereocenters. The standard InChI is InChI=1S/C14H16N2O3S2/c17-11(18)8-21-14-15-12-10(5-6-20-12)13(19)16(14)7-9-3-1-2-4-9/h5-6,9H,1-4,7-8H2,(H,17,18). The van der Waals surface area contributed by atoms with Gasteiger partial charge in [-0.25, -0.2) is 4.98 Å². The molecule has 0 saturated heterocycles. The first-order valence-electron chi connectivity index (χ1n) is 6.98. The second-order valence-electron chi connectivity index (χ2n) is 5.28. The summed E-state index contributed by atoms with van der Waals surface area (Å²) in [6, 6.07) is 1.80. The maximum atomic E-state index is 12.6. The molecule has 0 aliphatic heterocycles. The average Bonchev–Trinajstić information content (AvgIpc) is 3.11. The van der Waals surface area contributed by atoms with E-state index in [0.29, 0.717) is 27.8 Å². The van der Waals surface area contributed by atoms with Gasteiger partial charge in [0.1, 0.15) is 4.83 Å². The second kappa shape index (κ2) is 6.19. The van der Waals surface area contributed by atoms with Crippen LogP contribution >= 0.6 is 23.1 Å². The molecule has 0 aromatic carbocycles. The highest BCUT2D eigenvalue weighted by molar-refractivity contribution is 7.99. The van der Waals surface area contributed by atoms with Crippen molar-refractivity contribution in [2.24, 2.45) is 5.92 Å². The number of nitrogens with zero attached hydrogens (tertiary/aromatic N) is 2. The lowest BCUT2D eigenvalue weighted by atomic mass is 10.1. The molecule has 7 heteroatoms. The summed E-state index contributed by atoms with van der Waals surface area (Å²) < 4.78 is 1.68. The molecule has 0 bridgehead atoms. The Labute approximate surface area is 130 Å². The van der Waals surface area contributed by atoms with Crippen LogP contribution in [0.4, 0.5) is 0 Å². The number of thiophene rings is 1. The quantitative estimate of drug-likeness (QED) is 0.676. The second-order valence-corrected chi connectivity index (χ2v) is 7.12. The van der Waals surface area contributed by atoms with E-state index in [1.807, 2.05) is 5.38 Å². The number of hydrogen-bond acceptors (Lipinski definition) is 5. The highest BCUT2D eigenvalue weighted by Gasteiger charge is 2.20. The summed E-state index contributed by atoms with van der Waals surface area (Å²) in [5.41, 5.74) is -0.0407. The summed E-state index contributed by atoms with van der Waals surface area (Å²) in [5, 5.41) is 11.9. The zero-order valence-corrected chi connectivity index (χ0v) is 13.1. The first kappa shape index (κ1) is 14.6. The number of aliphatic carboxylic acids is 1. The van der Waals surface area contributed by atoms with Crippen LogP contribution < -0.4 is 5.56 Å². The van der Waals surface area contributed by atoms with Crippen LogP contribution in [0.15, 0.2) is 21.4 Å². The molecule has 1 saturated carbocycles. The zero-order valence-electron chi connectivity index (χ0n) is 11.4. The molecule has 1 fully saturated rings. The fraction of sp³-hybridized carbons (Fsp3) is 0.500. The van der Waals surface area contributed by atoms with Crippen molar-refractivity contribution >= 4 is 39.3 Å². The number of fused-ring (bicyclic) bond motifs is 1. The Bertz CT molecular complexity index is 717. The van der Waals surface area contributed by atoms with Gasteiger partial charge in [-0.1, -0.05) is 24.6 Å². The van der Waals surface area contributed by atoms with Gasteiger partial charge in [-0.3, -0.25) is 14.2 Å². The summed E-state index contributed by atoms with van der Waals surface area (Å²) in [6.45, 7) is 0.652. The number of aromatic nitrogens is 2. The number of carboxylic acids is 1. The van der Waals surface area contributed by atoms with Gasteiger partial charge in [0.15, 0.2) is 5.16 Å². The highest BCUT2D eigenvalue weighted by Crippen LogP contribution is 2.28. The van der Waals surface area contributed by atoms with Crippen molar-refractivity contribution < 1.29 is 9.90 Å². The van der Waals surface area contributed by atoms with Crippen LogP contribution in [0.25, 0.3) is 10.2 Å². The van der Waals surface area contributed by atoms with E-state index in [-0.39, 0.29) is 11.3 Å². The van der Waals surface area contributed by atoms with E-state index in [4.69, 9.17) is 5.11 Å². The van der Waals surface area contributed by atoms with Gasteiger partial charge in [-0.15, -0.1) is 11.3 Å². The smallest absolute Gasteiger partial charge is 0.313 e. The van der Waals surface area contributed by atoms with Gasteiger partial charge >= 0.3 is 5.97 Å². The number of carbonyl (C=O) groups is 1. The van der Waals surface area contributed by atoms with Crippen LogP contribution in [0.5, 0.6) is 0 Å². The predicted molar refractivity (Wildman–Crippen MR) is 84.2 cm³/mol. The molecular weight excluding hydrogens is 308 g/mol. The normalized spacial score (nSPS) is 15.8. The van der Waals surface area contributed by atoms with Gasteiger partial charge in [-0.05, 0) is 30.2 Å². The van der Waals surface area contributed by atoms with Crippen LogP contribution in [0, 0.1) is 5.92 Å². The molecule has 2 heterocycles. The van der Waals surface area contributed by atoms with Gasteiger partial charge in [0.2, 0.25) is 0 Å². The molecule has 2 aromatic heterocycles. The van der Waals surface area contributed by atoms with Crippen molar-refractivity contribution in [2.75, 3.05) is 5.75 Å². The molecule has 21 heavy (non-hydrogen) atoms. The van der Waals surface area contributed by atoms with Gasteiger partial charge in [0.25, 0.3) is 5.56 Å². The minimum atomic E-state index is -0.895. The fourth-order valence-corrected chi connectivity index (χ4v) is 4.31. The molecular formula is C14H16N2O3S2. The van der Waals surface area contributed by atoms with Crippen molar-refractivity contribution in [3.8, 4) is 0 Å². The summed E-state index contributed by atoms with van der Waals surface area (Å²) >= 11 is 2.55. The lowest BCUT2D eigenvalue weighted by Gasteiger charge is -2.15. The number of rotatable bonds is 5. The fourth-order valence-electron chi connectivity index (χ4n) is 2.78. The number of thioether (sulfide) groups is 1. The van der Waals surface area contributed by atoms with Gasteiger partial charge in [0, 0.05) is 6.54 Å². The lowest BCUT2D eigenvalue weighted by molar-refractivity contribution is -0.133. The first-order valence-corrected chi connectivity index (χ1v) is 8.84. The molecule has 2 aromatic rings. The summed E-state index contributed by atoms with van der Waals surface area (Å²) in [4.78, 5) is 28.6. The minimum Gasteiger partial charge on any atom is -0.481 e. The van der Waals surface area contributed by atoms with Crippen LogP contribution in [0.1, 0.15) is 25.7 Å². The van der Waals surface area contributed by atoms with Gasteiger partial charge in [-0.2, -0.15) is 0 Å². The van der Waals surface area contributed by atoms with E-state index < -0.39 is 5.97 Å². The monoisotopic (exact) mass is 324 g/mol. The minimum absolute atomic E-state index is 0.0407. The molecule has 0 spiro atoms. The molecule has 112 valence electrons. The largest absolute Gasteiger partial charge is 0.481 e. The van der Waals surface area contributed by atoms with E-state index in [1.165, 1.54) is 24.2 Å². The highest BCUT2D eigenvalue weighted by atomic mass is 32.2. The molecule has 0 unspecified atom stereocenters. The van der Waals surface area contributed by atoms with Crippen molar-refractivity contribution in [3.05, 3.63) is 21.8 Å². The maximum Gasteiger partial charge on any atom is 0.313 e. The summed E-state index contributed by atoms with van der Waals surface area (Å²) in [7, 11) is 0. The van der Waals surface area contributed by atoms with E-state index in [9.17, 15) is 9.59 Å². The SMILES string of the molecule is O=C(O)CSc1nc2sccc2c(=O)n1CC1CCCC1. The summed E-state index contributed by atoms with van der Waals surface area (Å²) in [5.74, 6) is -0.466. The van der Waals surface area contributed by atoms with Crippen LogP contribution in [-0.2, 0) is 11.3 Å². The maximum absolute atomic E-state index is 12.6. The van der Waals surface area contributed by atoms with E-state index >= 15 is 0 Å². The van der Waals surface area contributed by atoms with Crippen molar-refractivity contribution in [1.82, 2.24) is 9.55 Å². The Hall–Kier alpha value is -1.34. The van der Waals surface area contributed by atoms with Crippen LogP contribution in [0.3, 0.4) is 0 Å². The predicted octanol–water partition coefficient (Wildman–Crippen LogP) is 2.82. The molecule has 1 aliphatic carbocycles. The van der Waals surface area contributed by atoms with Crippen LogP contribution in [0.2, 0.25) is 0 Å². The number of carboxylic acid groups (broad SMARTS) is 1. The number of hydrogen-bond donors (Lipinski definition) is 1. The van der Waals surface area contributed by atoms with E-state index in [2.05, 4.69) is 4.98 Å². The third-order valence-electron chi connectivity index (χ3n) is 3.79. The van der Waals surface area contributed by atoms with E-state index in [0.717, 1.165) is 24.6 Å². The summed E-state index contributed by atoms with van der Waals surface area (Å²) in [6.07, 6.45) is 4.70. The van der Waals surface area contributed by atoms with Crippen molar-refractivity contribution in [3.63, 3.8) is 0 Å². The Balaban J connectivity index is 1.99. The zero-order chi connectivity index (χ0) is 14.8. The molecule has 5 nitrogen and oxygen atoms in total. The Morgan fingerprint density at radius 1 is 1.48 bits per heavy atom. The Morgan fingerprint density at radius 3 is 2.95 bits per heavy atom. The lowest BCUT2D eigenvalue weighted by Crippen LogP contribution is -2.26. The molecule has 0 amide bonds. The molecule has 1 N–H and O–H groups in total. The third kappa shape index (κ3) is 3.13. The topological polar surface area (TPSA) is 72.2 Å². The Kier molecular flexibility index (Phi) is 4.30. The average molecular weight is 324 g/mol.